The van der Waals surface area contributed by atoms with Gasteiger partial charge < -0.3 is 25.4 Å². The van der Waals surface area contributed by atoms with Gasteiger partial charge in [0.2, 0.25) is 17.7 Å². The van der Waals surface area contributed by atoms with E-state index in [9.17, 15) is 19.5 Å². The van der Waals surface area contributed by atoms with Gasteiger partial charge in [-0.3, -0.25) is 14.4 Å². The first-order chi connectivity index (χ1) is 15.1. The number of aliphatic hydroxyl groups is 1. The second kappa shape index (κ2) is 8.11. The van der Waals surface area contributed by atoms with Crippen LogP contribution in [0.4, 0.5) is 0 Å². The Morgan fingerprint density at radius 3 is 2.50 bits per heavy atom. The molecule has 174 valence electrons. The van der Waals surface area contributed by atoms with E-state index in [1.165, 1.54) is 11.9 Å². The lowest BCUT2D eigenvalue weighted by molar-refractivity contribution is -0.146. The fourth-order valence-electron chi connectivity index (χ4n) is 5.64. The Morgan fingerprint density at radius 2 is 1.94 bits per heavy atom. The molecule has 9 heteroatoms. The Hall–Kier alpha value is -1.97. The number of carbonyl (C=O) groups excluding carboxylic acids is 3. The summed E-state index contributed by atoms with van der Waals surface area (Å²) in [5, 5.41) is 16.0. The van der Waals surface area contributed by atoms with E-state index >= 15 is 0 Å². The minimum Gasteiger partial charge on any atom is -0.394 e. The molecule has 0 aliphatic carbocycles. The molecule has 1 spiro atoms. The lowest BCUT2D eigenvalue weighted by Gasteiger charge is -2.38. The quantitative estimate of drug-likeness (QED) is 0.517. The fraction of sp³-hybridized carbons (Fsp3) is 0.609. The molecule has 0 aromatic heterocycles. The van der Waals surface area contributed by atoms with Crippen LogP contribution < -0.4 is 10.6 Å². The van der Waals surface area contributed by atoms with Gasteiger partial charge in [0.25, 0.3) is 0 Å². The summed E-state index contributed by atoms with van der Waals surface area (Å²) < 4.78 is 6.40. The minimum atomic E-state index is -1.15. The molecule has 3 N–H and O–H groups in total. The first kappa shape index (κ1) is 23.2. The number of hydrogen-bond donors (Lipinski definition) is 3. The van der Waals surface area contributed by atoms with Crippen molar-refractivity contribution in [1.29, 1.82) is 0 Å². The molecule has 3 fully saturated rings. The monoisotopic (exact) mass is 507 g/mol. The van der Waals surface area contributed by atoms with E-state index in [0.29, 0.717) is 6.42 Å². The van der Waals surface area contributed by atoms with E-state index < -0.39 is 41.2 Å². The van der Waals surface area contributed by atoms with Gasteiger partial charge in [-0.2, -0.15) is 0 Å². The number of aliphatic hydroxyl groups excluding tert-OH is 1. The maximum atomic E-state index is 13.9. The van der Waals surface area contributed by atoms with Crippen LogP contribution in [0, 0.1) is 11.8 Å². The maximum Gasteiger partial charge on any atom is 0.246 e. The number of ether oxygens (including phenoxy) is 1. The number of carbonyl (C=O) groups is 3. The third kappa shape index (κ3) is 3.45. The summed E-state index contributed by atoms with van der Waals surface area (Å²) in [7, 11) is 1.53. The number of halogens is 1. The molecule has 1 aromatic carbocycles. The largest absolute Gasteiger partial charge is 0.394 e. The first-order valence-electron chi connectivity index (χ1n) is 10.9. The minimum absolute atomic E-state index is 0.164. The van der Waals surface area contributed by atoms with Crippen molar-refractivity contribution in [3.63, 3.8) is 0 Å². The first-order valence-corrected chi connectivity index (χ1v) is 11.8. The number of rotatable bonds is 5. The van der Waals surface area contributed by atoms with Crippen LogP contribution >= 0.6 is 15.9 Å². The summed E-state index contributed by atoms with van der Waals surface area (Å²) in [4.78, 5) is 41.7. The standard InChI is InChI=1S/C23H30BrN3O5/c1-22(2,3)26-20(30)18-23-10-13(24)17(32-23)15(19(29)25-4)16(23)21(31)27(18)14(11-28)12-8-6-5-7-9-12/h5-9,13-18,28H,10-11H2,1-4H3,(H,25,29)(H,26,30)/t13?,14-,15-,16+,17-,18?,23?/m1/s1. The van der Waals surface area contributed by atoms with Gasteiger partial charge in [-0.1, -0.05) is 46.3 Å². The van der Waals surface area contributed by atoms with Gasteiger partial charge in [-0.05, 0) is 32.8 Å². The van der Waals surface area contributed by atoms with Crippen molar-refractivity contribution in [1.82, 2.24) is 15.5 Å². The van der Waals surface area contributed by atoms with Crippen molar-refractivity contribution < 1.29 is 24.2 Å². The Bertz CT molecular complexity index is 920. The van der Waals surface area contributed by atoms with Crippen LogP contribution in [0.5, 0.6) is 0 Å². The number of nitrogens with one attached hydrogen (secondary N) is 2. The molecule has 3 aliphatic rings. The SMILES string of the molecule is CNC(=O)[C@H]1[C@@H]2OC3(CC2Br)C(C(=O)NC(C)(C)C)N([C@H](CO)c2ccccc2)C(=O)[C@H]13. The van der Waals surface area contributed by atoms with Crippen molar-refractivity contribution in [3.8, 4) is 0 Å². The van der Waals surface area contributed by atoms with Crippen molar-refractivity contribution in [2.75, 3.05) is 13.7 Å². The average Bonchev–Trinajstić information content (AvgIpc) is 3.31. The molecule has 3 heterocycles. The molecule has 0 radical (unpaired) electrons. The summed E-state index contributed by atoms with van der Waals surface area (Å²) in [5.41, 5.74) is -0.966. The molecule has 7 atom stereocenters. The van der Waals surface area contributed by atoms with E-state index in [2.05, 4.69) is 26.6 Å². The second-order valence-corrected chi connectivity index (χ2v) is 11.0. The highest BCUT2D eigenvalue weighted by Gasteiger charge is 2.77. The van der Waals surface area contributed by atoms with Gasteiger partial charge in [-0.25, -0.2) is 0 Å². The summed E-state index contributed by atoms with van der Waals surface area (Å²) in [6.07, 6.45) is -0.0759. The zero-order valence-electron chi connectivity index (χ0n) is 18.7. The van der Waals surface area contributed by atoms with Crippen LogP contribution in [0.3, 0.4) is 0 Å². The molecule has 0 saturated carbocycles. The Labute approximate surface area is 196 Å². The zero-order chi connectivity index (χ0) is 23.4. The van der Waals surface area contributed by atoms with Crippen LogP contribution in [0.2, 0.25) is 0 Å². The molecule has 32 heavy (non-hydrogen) atoms. The summed E-state index contributed by atoms with van der Waals surface area (Å²) >= 11 is 3.63. The van der Waals surface area contributed by atoms with Gasteiger partial charge >= 0.3 is 0 Å². The Morgan fingerprint density at radius 1 is 1.28 bits per heavy atom. The van der Waals surface area contributed by atoms with E-state index in [1.54, 1.807) is 0 Å². The number of benzene rings is 1. The highest BCUT2D eigenvalue weighted by Crippen LogP contribution is 2.61. The number of nitrogens with zero attached hydrogens (tertiary/aromatic N) is 1. The number of alkyl halides is 1. The van der Waals surface area contributed by atoms with Crippen molar-refractivity contribution in [2.24, 2.45) is 11.8 Å². The lowest BCUT2D eigenvalue weighted by atomic mass is 9.70. The van der Waals surface area contributed by atoms with Crippen LogP contribution in [-0.2, 0) is 19.1 Å². The fourth-order valence-corrected chi connectivity index (χ4v) is 6.58. The normalized spacial score (nSPS) is 34.4. The molecule has 8 nitrogen and oxygen atoms in total. The Balaban J connectivity index is 1.85. The molecule has 3 unspecified atom stereocenters. The molecule has 3 saturated heterocycles. The van der Waals surface area contributed by atoms with E-state index in [1.807, 2.05) is 51.1 Å². The predicted octanol–water partition coefficient (Wildman–Crippen LogP) is 1.13. The van der Waals surface area contributed by atoms with Gasteiger partial charge in [0.15, 0.2) is 0 Å². The number of fused-ring (bicyclic) bond motifs is 1. The Kier molecular flexibility index (Phi) is 5.88. The molecule has 3 amide bonds. The van der Waals surface area contributed by atoms with Crippen molar-refractivity contribution in [3.05, 3.63) is 35.9 Å². The summed E-state index contributed by atoms with van der Waals surface area (Å²) in [5.74, 6) is -2.47. The van der Waals surface area contributed by atoms with E-state index in [-0.39, 0.29) is 29.2 Å². The molecule has 4 rings (SSSR count). The van der Waals surface area contributed by atoms with Gasteiger partial charge in [-0.15, -0.1) is 0 Å². The number of likely N-dealkylation sites (tertiary alicyclic amines) is 1. The van der Waals surface area contributed by atoms with Gasteiger partial charge in [0.1, 0.15) is 11.6 Å². The van der Waals surface area contributed by atoms with Crippen LogP contribution in [0.1, 0.15) is 38.8 Å². The van der Waals surface area contributed by atoms with E-state index in [0.717, 1.165) is 5.56 Å². The van der Waals surface area contributed by atoms with E-state index in [4.69, 9.17) is 4.74 Å². The van der Waals surface area contributed by atoms with Crippen LogP contribution in [0.25, 0.3) is 0 Å². The van der Waals surface area contributed by atoms with Gasteiger partial charge in [0.05, 0.1) is 30.6 Å². The molecule has 2 bridgehead atoms. The third-order valence-electron chi connectivity index (χ3n) is 6.72. The predicted molar refractivity (Wildman–Crippen MR) is 121 cm³/mol. The highest BCUT2D eigenvalue weighted by atomic mass is 79.9. The molecular formula is C23H30BrN3O5. The van der Waals surface area contributed by atoms with Crippen molar-refractivity contribution in [2.45, 2.75) is 61.3 Å². The number of amides is 3. The molecule has 3 aliphatic heterocycles. The number of hydrogen-bond acceptors (Lipinski definition) is 5. The third-order valence-corrected chi connectivity index (χ3v) is 7.56. The second-order valence-electron chi connectivity index (χ2n) is 9.87. The van der Waals surface area contributed by atoms with Crippen LogP contribution in [0.15, 0.2) is 30.3 Å². The summed E-state index contributed by atoms with van der Waals surface area (Å²) in [6.45, 7) is 5.25. The summed E-state index contributed by atoms with van der Waals surface area (Å²) in [6, 6.07) is 7.43. The zero-order valence-corrected chi connectivity index (χ0v) is 20.3. The lowest BCUT2D eigenvalue weighted by Crippen LogP contribution is -2.59. The van der Waals surface area contributed by atoms with Crippen molar-refractivity contribution >= 4 is 33.7 Å². The maximum absolute atomic E-state index is 13.9. The average molecular weight is 508 g/mol. The molecule has 1 aromatic rings. The highest BCUT2D eigenvalue weighted by molar-refractivity contribution is 9.09. The smallest absolute Gasteiger partial charge is 0.246 e. The molecular weight excluding hydrogens is 478 g/mol. The van der Waals surface area contributed by atoms with Gasteiger partial charge in [0, 0.05) is 17.4 Å². The van der Waals surface area contributed by atoms with Crippen LogP contribution in [-0.4, -0.2) is 69.5 Å². The topological polar surface area (TPSA) is 108 Å².